The maximum atomic E-state index is 13.6. The topological polar surface area (TPSA) is 59.8 Å². The summed E-state index contributed by atoms with van der Waals surface area (Å²) < 4.78 is 15.1. The number of aromatic nitrogens is 3. The minimum absolute atomic E-state index is 0.0326. The van der Waals surface area contributed by atoms with Crippen LogP contribution in [-0.4, -0.2) is 26.7 Å². The number of benzene rings is 1. The van der Waals surface area contributed by atoms with Gasteiger partial charge in [-0.2, -0.15) is 5.10 Å². The highest BCUT2D eigenvalue weighted by Crippen LogP contribution is 2.14. The van der Waals surface area contributed by atoms with Crippen LogP contribution >= 0.6 is 11.6 Å². The first-order valence-electron chi connectivity index (χ1n) is 5.64. The number of hydrogen-bond donors (Lipinski definition) is 1. The summed E-state index contributed by atoms with van der Waals surface area (Å²) in [5.41, 5.74) is -0.0326. The Bertz CT molecular complexity index is 573. The van der Waals surface area contributed by atoms with Crippen molar-refractivity contribution in [2.45, 2.75) is 19.5 Å². The third kappa shape index (κ3) is 3.51. The Balaban J connectivity index is 2.00. The zero-order valence-corrected chi connectivity index (χ0v) is 10.9. The van der Waals surface area contributed by atoms with Crippen LogP contribution < -0.4 is 5.32 Å². The largest absolute Gasteiger partial charge is 0.348 e. The summed E-state index contributed by atoms with van der Waals surface area (Å²) in [5, 5.41) is 6.87. The molecule has 2 rings (SSSR count). The van der Waals surface area contributed by atoms with E-state index in [1.807, 2.05) is 0 Å². The van der Waals surface area contributed by atoms with Crippen molar-refractivity contribution in [2.24, 2.45) is 0 Å². The number of carbonyl (C=O) groups excluding carboxylic acids is 1. The lowest BCUT2D eigenvalue weighted by molar-refractivity contribution is 0.0932. The second-order valence-electron chi connectivity index (χ2n) is 4.12. The Labute approximate surface area is 114 Å². The highest BCUT2D eigenvalue weighted by atomic mass is 35.5. The number of nitrogens with zero attached hydrogens (tertiary/aromatic N) is 3. The molecule has 7 heteroatoms. The normalized spacial score (nSPS) is 12.2. The summed E-state index contributed by atoms with van der Waals surface area (Å²) in [4.78, 5) is 15.7. The molecule has 0 saturated heterocycles. The first-order valence-corrected chi connectivity index (χ1v) is 6.02. The fraction of sp³-hybridized carbons (Fsp3) is 0.250. The minimum atomic E-state index is -0.641. The minimum Gasteiger partial charge on any atom is -0.348 e. The van der Waals surface area contributed by atoms with Crippen molar-refractivity contribution in [2.75, 3.05) is 0 Å². The molecule has 0 aliphatic rings. The van der Waals surface area contributed by atoms with Crippen molar-refractivity contribution in [3.8, 4) is 0 Å². The monoisotopic (exact) mass is 282 g/mol. The van der Waals surface area contributed by atoms with Crippen molar-refractivity contribution < 1.29 is 9.18 Å². The van der Waals surface area contributed by atoms with Gasteiger partial charge in [-0.05, 0) is 25.1 Å². The fourth-order valence-electron chi connectivity index (χ4n) is 1.63. The van der Waals surface area contributed by atoms with Crippen LogP contribution in [0.4, 0.5) is 4.39 Å². The molecule has 0 fully saturated rings. The van der Waals surface area contributed by atoms with Gasteiger partial charge in [0.2, 0.25) is 0 Å². The number of carbonyl (C=O) groups is 1. The molecule has 0 aliphatic heterocycles. The Morgan fingerprint density at radius 3 is 3.00 bits per heavy atom. The van der Waals surface area contributed by atoms with Gasteiger partial charge >= 0.3 is 0 Å². The van der Waals surface area contributed by atoms with E-state index in [9.17, 15) is 9.18 Å². The SMILES string of the molecule is CC(Cn1cncn1)NC(=O)c1ccc(Cl)cc1F. The predicted molar refractivity (Wildman–Crippen MR) is 68.4 cm³/mol. The third-order valence-corrected chi connectivity index (χ3v) is 2.72. The molecule has 1 N–H and O–H groups in total. The van der Waals surface area contributed by atoms with Gasteiger partial charge in [-0.25, -0.2) is 9.37 Å². The van der Waals surface area contributed by atoms with E-state index in [2.05, 4.69) is 15.4 Å². The van der Waals surface area contributed by atoms with E-state index in [0.29, 0.717) is 6.54 Å². The molecular formula is C12H12ClFN4O. The van der Waals surface area contributed by atoms with Gasteiger partial charge < -0.3 is 5.32 Å². The first kappa shape index (κ1) is 13.5. The number of rotatable bonds is 4. The molecule has 1 amide bonds. The average molecular weight is 283 g/mol. The quantitative estimate of drug-likeness (QED) is 0.931. The van der Waals surface area contributed by atoms with E-state index in [1.54, 1.807) is 17.9 Å². The summed E-state index contributed by atoms with van der Waals surface area (Å²) in [5.74, 6) is -1.13. The van der Waals surface area contributed by atoms with Crippen LogP contribution in [0.1, 0.15) is 17.3 Å². The van der Waals surface area contributed by atoms with E-state index < -0.39 is 11.7 Å². The molecule has 19 heavy (non-hydrogen) atoms. The standard InChI is InChI=1S/C12H12ClFN4O/c1-8(5-18-7-15-6-16-18)17-12(19)10-3-2-9(13)4-11(10)14/h2-4,6-8H,5H2,1H3,(H,17,19). The molecule has 100 valence electrons. The molecule has 1 unspecified atom stereocenters. The highest BCUT2D eigenvalue weighted by molar-refractivity contribution is 6.30. The van der Waals surface area contributed by atoms with Crippen LogP contribution in [0.3, 0.4) is 0 Å². The molecule has 0 radical (unpaired) electrons. The molecule has 1 aromatic carbocycles. The van der Waals surface area contributed by atoms with Crippen LogP contribution in [0.2, 0.25) is 5.02 Å². The van der Waals surface area contributed by atoms with E-state index in [1.165, 1.54) is 18.5 Å². The number of halogens is 2. The van der Waals surface area contributed by atoms with Gasteiger partial charge in [0.15, 0.2) is 0 Å². The lowest BCUT2D eigenvalue weighted by atomic mass is 10.2. The van der Waals surface area contributed by atoms with Gasteiger partial charge in [-0.3, -0.25) is 9.48 Å². The zero-order chi connectivity index (χ0) is 13.8. The van der Waals surface area contributed by atoms with Gasteiger partial charge in [0.25, 0.3) is 5.91 Å². The van der Waals surface area contributed by atoms with E-state index in [-0.39, 0.29) is 16.6 Å². The summed E-state index contributed by atoms with van der Waals surface area (Å²) in [6.45, 7) is 2.26. The molecule has 5 nitrogen and oxygen atoms in total. The maximum absolute atomic E-state index is 13.6. The third-order valence-electron chi connectivity index (χ3n) is 2.48. The van der Waals surface area contributed by atoms with Gasteiger partial charge in [-0.1, -0.05) is 11.6 Å². The van der Waals surface area contributed by atoms with Gasteiger partial charge in [-0.15, -0.1) is 0 Å². The molecule has 0 spiro atoms. The van der Waals surface area contributed by atoms with Gasteiger partial charge in [0.05, 0.1) is 12.1 Å². The summed E-state index contributed by atoms with van der Waals surface area (Å²) >= 11 is 5.63. The molecule has 1 atom stereocenters. The van der Waals surface area contributed by atoms with Crippen LogP contribution in [-0.2, 0) is 6.54 Å². The van der Waals surface area contributed by atoms with E-state index in [4.69, 9.17) is 11.6 Å². The Morgan fingerprint density at radius 1 is 1.58 bits per heavy atom. The Hall–Kier alpha value is -1.95. The smallest absolute Gasteiger partial charge is 0.254 e. The van der Waals surface area contributed by atoms with Gasteiger partial charge in [0.1, 0.15) is 18.5 Å². The highest BCUT2D eigenvalue weighted by Gasteiger charge is 2.14. The van der Waals surface area contributed by atoms with Crippen molar-refractivity contribution in [1.29, 1.82) is 0 Å². The summed E-state index contributed by atoms with van der Waals surface area (Å²) in [6, 6.07) is 3.74. The number of nitrogens with one attached hydrogen (secondary N) is 1. The molecular weight excluding hydrogens is 271 g/mol. The summed E-state index contributed by atoms with van der Waals surface area (Å²) in [6.07, 6.45) is 2.96. The van der Waals surface area contributed by atoms with Crippen LogP contribution in [0.5, 0.6) is 0 Å². The average Bonchev–Trinajstić information content (AvgIpc) is 2.81. The van der Waals surface area contributed by atoms with Gasteiger partial charge in [0, 0.05) is 11.1 Å². The van der Waals surface area contributed by atoms with Crippen molar-refractivity contribution in [3.05, 3.63) is 47.3 Å². The molecule has 0 aliphatic carbocycles. The summed E-state index contributed by atoms with van der Waals surface area (Å²) in [7, 11) is 0. The van der Waals surface area contributed by atoms with E-state index >= 15 is 0 Å². The molecule has 1 heterocycles. The van der Waals surface area contributed by atoms with E-state index in [0.717, 1.165) is 6.07 Å². The van der Waals surface area contributed by atoms with Crippen molar-refractivity contribution in [1.82, 2.24) is 20.1 Å². The molecule has 0 bridgehead atoms. The lowest BCUT2D eigenvalue weighted by Crippen LogP contribution is -2.36. The Kier molecular flexibility index (Phi) is 4.11. The number of amides is 1. The predicted octanol–water partition coefficient (Wildman–Crippen LogP) is 1.89. The molecule has 0 saturated carbocycles. The number of hydrogen-bond acceptors (Lipinski definition) is 3. The molecule has 1 aromatic heterocycles. The van der Waals surface area contributed by atoms with Crippen LogP contribution in [0.15, 0.2) is 30.9 Å². The molecule has 2 aromatic rings. The van der Waals surface area contributed by atoms with Crippen molar-refractivity contribution >= 4 is 17.5 Å². The Morgan fingerprint density at radius 2 is 2.37 bits per heavy atom. The van der Waals surface area contributed by atoms with Crippen LogP contribution in [0.25, 0.3) is 0 Å². The van der Waals surface area contributed by atoms with Crippen LogP contribution in [0, 0.1) is 5.82 Å². The second-order valence-corrected chi connectivity index (χ2v) is 4.55. The maximum Gasteiger partial charge on any atom is 0.254 e. The fourth-order valence-corrected chi connectivity index (χ4v) is 1.79. The van der Waals surface area contributed by atoms with Crippen molar-refractivity contribution in [3.63, 3.8) is 0 Å². The zero-order valence-electron chi connectivity index (χ0n) is 10.2. The first-order chi connectivity index (χ1) is 9.06. The second kappa shape index (κ2) is 5.79. The lowest BCUT2D eigenvalue weighted by Gasteiger charge is -2.14.